The second-order valence-corrected chi connectivity index (χ2v) is 4.36. The highest BCUT2D eigenvalue weighted by atomic mass is 16.9. The van der Waals surface area contributed by atoms with Crippen LogP contribution in [-0.4, -0.2) is 24.3 Å². The summed E-state index contributed by atoms with van der Waals surface area (Å²) in [5.41, 5.74) is -0.188. The maximum Gasteiger partial charge on any atom is 0.212 e. The van der Waals surface area contributed by atoms with Crippen LogP contribution in [0.25, 0.3) is 0 Å². The van der Waals surface area contributed by atoms with E-state index >= 15 is 0 Å². The van der Waals surface area contributed by atoms with Crippen LogP contribution in [0.4, 0.5) is 0 Å². The molecule has 2 rings (SSSR count). The Morgan fingerprint density at radius 3 is 2.46 bits per heavy atom. The first-order valence-electron chi connectivity index (χ1n) is 5.06. The first-order chi connectivity index (χ1) is 6.08. The lowest BCUT2D eigenvalue weighted by atomic mass is 9.84. The Hall–Kier alpha value is -0.120. The Bertz CT molecular complexity index is 204. The molecule has 2 aliphatic rings. The van der Waals surface area contributed by atoms with Gasteiger partial charge in [0.2, 0.25) is 12.6 Å². The zero-order valence-electron chi connectivity index (χ0n) is 8.74. The van der Waals surface area contributed by atoms with E-state index in [-0.39, 0.29) is 24.3 Å². The van der Waals surface area contributed by atoms with Gasteiger partial charge in [0.15, 0.2) is 0 Å². The molecule has 0 spiro atoms. The quantitative estimate of drug-likeness (QED) is 0.617. The normalized spacial score (nSPS) is 49.2. The number of hydrogen-bond donors (Lipinski definition) is 0. The third-order valence-corrected chi connectivity index (χ3v) is 3.24. The van der Waals surface area contributed by atoms with Crippen LogP contribution < -0.4 is 0 Å². The van der Waals surface area contributed by atoms with Crippen molar-refractivity contribution in [2.45, 2.75) is 58.4 Å². The molecule has 0 bridgehead atoms. The molecule has 2 aliphatic heterocycles. The molecule has 3 nitrogen and oxygen atoms in total. The Morgan fingerprint density at radius 1 is 1.23 bits per heavy atom. The van der Waals surface area contributed by atoms with E-state index in [4.69, 9.17) is 14.2 Å². The summed E-state index contributed by atoms with van der Waals surface area (Å²) in [4.78, 5) is 0. The van der Waals surface area contributed by atoms with Crippen LogP contribution in [0.15, 0.2) is 0 Å². The lowest BCUT2D eigenvalue weighted by molar-refractivity contribution is -0.217. The first-order valence-corrected chi connectivity index (χ1v) is 5.06. The predicted molar refractivity (Wildman–Crippen MR) is 48.2 cm³/mol. The van der Waals surface area contributed by atoms with Crippen LogP contribution in [0.5, 0.6) is 0 Å². The predicted octanol–water partition coefficient (Wildman–Crippen LogP) is 1.91. The van der Waals surface area contributed by atoms with Gasteiger partial charge in [-0.05, 0) is 19.3 Å². The van der Waals surface area contributed by atoms with Gasteiger partial charge in [0, 0.05) is 0 Å². The fourth-order valence-electron chi connectivity index (χ4n) is 1.90. The molecule has 2 fully saturated rings. The van der Waals surface area contributed by atoms with Gasteiger partial charge in [0.25, 0.3) is 0 Å². The Kier molecular flexibility index (Phi) is 2.13. The zero-order valence-corrected chi connectivity index (χ0v) is 8.74. The summed E-state index contributed by atoms with van der Waals surface area (Å²) in [7, 11) is 0. The minimum Gasteiger partial charge on any atom is -0.342 e. The van der Waals surface area contributed by atoms with E-state index in [1.54, 1.807) is 0 Å². The van der Waals surface area contributed by atoms with Crippen LogP contribution >= 0.6 is 0 Å². The van der Waals surface area contributed by atoms with Gasteiger partial charge in [0.1, 0.15) is 0 Å². The Balaban J connectivity index is 2.13. The van der Waals surface area contributed by atoms with E-state index in [1.165, 1.54) is 0 Å². The summed E-state index contributed by atoms with van der Waals surface area (Å²) in [6, 6.07) is 0. The fourth-order valence-corrected chi connectivity index (χ4v) is 1.90. The number of ether oxygens (including phenoxy) is 3. The van der Waals surface area contributed by atoms with E-state index in [1.807, 2.05) is 0 Å². The topological polar surface area (TPSA) is 31.0 Å². The van der Waals surface area contributed by atoms with Crippen LogP contribution in [-0.2, 0) is 14.2 Å². The highest BCUT2D eigenvalue weighted by Crippen LogP contribution is 2.43. The number of epoxide rings is 1. The van der Waals surface area contributed by atoms with Gasteiger partial charge in [-0.2, -0.15) is 0 Å². The molecular formula is C10H18O3. The average Bonchev–Trinajstić information content (AvgIpc) is 2.80. The highest BCUT2D eigenvalue weighted by molar-refractivity contribution is 4.94. The molecule has 0 aromatic heterocycles. The zero-order chi connectivity index (χ0) is 9.64. The van der Waals surface area contributed by atoms with E-state index in [2.05, 4.69) is 27.7 Å². The monoisotopic (exact) mass is 186 g/mol. The summed E-state index contributed by atoms with van der Waals surface area (Å²) in [6.07, 6.45) is 0.949. The molecule has 0 saturated carbocycles. The molecule has 2 heterocycles. The molecule has 3 heteroatoms. The molecular weight excluding hydrogens is 168 g/mol. The van der Waals surface area contributed by atoms with E-state index in [0.29, 0.717) is 5.92 Å². The molecule has 4 atom stereocenters. The van der Waals surface area contributed by atoms with Crippen molar-refractivity contribution >= 4 is 0 Å². The molecule has 0 aromatic rings. The summed E-state index contributed by atoms with van der Waals surface area (Å²) >= 11 is 0. The molecule has 0 aliphatic carbocycles. The molecule has 13 heavy (non-hydrogen) atoms. The van der Waals surface area contributed by atoms with Crippen molar-refractivity contribution in [1.29, 1.82) is 0 Å². The first kappa shape index (κ1) is 9.44. The Labute approximate surface area is 79.4 Å². The summed E-state index contributed by atoms with van der Waals surface area (Å²) < 4.78 is 16.8. The minimum atomic E-state index is -0.188. The number of fused-ring (bicyclic) bond motifs is 1. The number of rotatable bonds is 2. The maximum atomic E-state index is 5.87. The summed E-state index contributed by atoms with van der Waals surface area (Å²) in [5.74, 6) is 0.447. The standard InChI is InChI=1S/C10H18O3/c1-5-7-10(4,6(2)3)13-9-8(11-7)12-9/h6-9H,5H2,1-4H3. The molecule has 76 valence electrons. The van der Waals surface area contributed by atoms with E-state index < -0.39 is 0 Å². The van der Waals surface area contributed by atoms with Crippen LogP contribution in [0.2, 0.25) is 0 Å². The minimum absolute atomic E-state index is 0.0863. The summed E-state index contributed by atoms with van der Waals surface area (Å²) in [6.45, 7) is 8.56. The van der Waals surface area contributed by atoms with Gasteiger partial charge in [-0.3, -0.25) is 0 Å². The van der Waals surface area contributed by atoms with Gasteiger partial charge in [-0.1, -0.05) is 20.8 Å². The highest BCUT2D eigenvalue weighted by Gasteiger charge is 2.56. The average molecular weight is 186 g/mol. The van der Waals surface area contributed by atoms with Crippen molar-refractivity contribution in [3.63, 3.8) is 0 Å². The largest absolute Gasteiger partial charge is 0.342 e. The molecule has 0 aromatic carbocycles. The van der Waals surface area contributed by atoms with Crippen LogP contribution in [0.1, 0.15) is 34.1 Å². The Morgan fingerprint density at radius 2 is 1.92 bits per heavy atom. The second kappa shape index (κ2) is 2.94. The molecule has 0 N–H and O–H groups in total. The van der Waals surface area contributed by atoms with Crippen molar-refractivity contribution in [2.75, 3.05) is 0 Å². The lowest BCUT2D eigenvalue weighted by Crippen LogP contribution is -2.52. The van der Waals surface area contributed by atoms with Crippen molar-refractivity contribution in [2.24, 2.45) is 5.92 Å². The van der Waals surface area contributed by atoms with Crippen molar-refractivity contribution in [3.05, 3.63) is 0 Å². The number of hydrogen-bond acceptors (Lipinski definition) is 3. The second-order valence-electron chi connectivity index (χ2n) is 4.36. The maximum absolute atomic E-state index is 5.87. The van der Waals surface area contributed by atoms with Gasteiger partial charge >= 0.3 is 0 Å². The van der Waals surface area contributed by atoms with Gasteiger partial charge in [-0.25, -0.2) is 0 Å². The van der Waals surface area contributed by atoms with Crippen LogP contribution in [0.3, 0.4) is 0 Å². The van der Waals surface area contributed by atoms with Crippen molar-refractivity contribution in [3.8, 4) is 0 Å². The van der Waals surface area contributed by atoms with Gasteiger partial charge in [-0.15, -0.1) is 0 Å². The smallest absolute Gasteiger partial charge is 0.212 e. The SMILES string of the molecule is CCC1OC2OC2OC1(C)C(C)C. The van der Waals surface area contributed by atoms with Gasteiger partial charge < -0.3 is 14.2 Å². The van der Waals surface area contributed by atoms with E-state index in [0.717, 1.165) is 6.42 Å². The van der Waals surface area contributed by atoms with Crippen molar-refractivity contribution < 1.29 is 14.2 Å². The van der Waals surface area contributed by atoms with Crippen molar-refractivity contribution in [1.82, 2.24) is 0 Å². The molecule has 4 unspecified atom stereocenters. The third kappa shape index (κ3) is 1.39. The molecule has 0 amide bonds. The molecule has 2 saturated heterocycles. The molecule has 0 radical (unpaired) electrons. The lowest BCUT2D eigenvalue weighted by Gasteiger charge is -2.41. The fraction of sp³-hybridized carbons (Fsp3) is 1.00. The van der Waals surface area contributed by atoms with Crippen LogP contribution in [0, 0.1) is 5.92 Å². The van der Waals surface area contributed by atoms with E-state index in [9.17, 15) is 0 Å². The third-order valence-electron chi connectivity index (χ3n) is 3.24. The summed E-state index contributed by atoms with van der Waals surface area (Å²) in [5, 5.41) is 0. The van der Waals surface area contributed by atoms with Gasteiger partial charge in [0.05, 0.1) is 11.7 Å².